The van der Waals surface area contributed by atoms with Gasteiger partial charge in [0.1, 0.15) is 5.69 Å². The van der Waals surface area contributed by atoms with Gasteiger partial charge >= 0.3 is 0 Å². The first-order valence-corrected chi connectivity index (χ1v) is 6.42. The van der Waals surface area contributed by atoms with Gasteiger partial charge in [0.2, 0.25) is 11.8 Å². The van der Waals surface area contributed by atoms with E-state index in [2.05, 4.69) is 16.9 Å². The molecule has 1 aromatic heterocycles. The molecule has 0 saturated carbocycles. The zero-order chi connectivity index (χ0) is 14.5. The Morgan fingerprint density at radius 2 is 1.80 bits per heavy atom. The Kier molecular flexibility index (Phi) is 4.53. The number of ether oxygens (including phenoxy) is 2. The smallest absolute Gasteiger partial charge is 0.240 e. The summed E-state index contributed by atoms with van der Waals surface area (Å²) in [5.74, 6) is 0.914. The number of methoxy groups -OCH3 is 2. The van der Waals surface area contributed by atoms with Gasteiger partial charge in [0.15, 0.2) is 0 Å². The summed E-state index contributed by atoms with van der Waals surface area (Å²) in [4.78, 5) is 8.55. The molecule has 0 aliphatic carbocycles. The molecule has 0 aliphatic heterocycles. The van der Waals surface area contributed by atoms with Crippen LogP contribution in [0.2, 0.25) is 0 Å². The molecule has 1 aromatic carbocycles. The summed E-state index contributed by atoms with van der Waals surface area (Å²) >= 11 is 0. The van der Waals surface area contributed by atoms with Crippen LogP contribution in [-0.2, 0) is 0 Å². The van der Waals surface area contributed by atoms with Crippen LogP contribution in [0.3, 0.4) is 0 Å². The van der Waals surface area contributed by atoms with Crippen LogP contribution in [0, 0.1) is 0 Å². The fourth-order valence-electron chi connectivity index (χ4n) is 2.04. The third-order valence-corrected chi connectivity index (χ3v) is 3.33. The van der Waals surface area contributed by atoms with Gasteiger partial charge in [-0.15, -0.1) is 0 Å². The molecule has 2 aromatic rings. The Hall–Kier alpha value is -2.14. The summed E-state index contributed by atoms with van der Waals surface area (Å²) in [7, 11) is 3.09. The molecule has 0 spiro atoms. The maximum absolute atomic E-state index is 6.32. The highest BCUT2D eigenvalue weighted by Crippen LogP contribution is 2.32. The van der Waals surface area contributed by atoms with Crippen molar-refractivity contribution in [3.63, 3.8) is 0 Å². The van der Waals surface area contributed by atoms with E-state index >= 15 is 0 Å². The molecule has 106 valence electrons. The maximum atomic E-state index is 6.32. The zero-order valence-corrected chi connectivity index (χ0v) is 11.9. The lowest BCUT2D eigenvalue weighted by Gasteiger charge is -2.21. The molecular formula is C15H19N3O2. The predicted octanol–water partition coefficient (Wildman–Crippen LogP) is 2.30. The number of aromatic nitrogens is 2. The van der Waals surface area contributed by atoms with Crippen LogP contribution in [0.4, 0.5) is 0 Å². The van der Waals surface area contributed by atoms with Crippen molar-refractivity contribution >= 4 is 0 Å². The van der Waals surface area contributed by atoms with Crippen LogP contribution < -0.4 is 15.2 Å². The highest BCUT2D eigenvalue weighted by molar-refractivity contribution is 5.30. The summed E-state index contributed by atoms with van der Waals surface area (Å²) in [5, 5.41) is 0. The summed E-state index contributed by atoms with van der Waals surface area (Å²) in [6, 6.07) is 9.77. The van der Waals surface area contributed by atoms with E-state index < -0.39 is 0 Å². The molecule has 0 radical (unpaired) electrons. The number of nitrogens with zero attached hydrogens (tertiary/aromatic N) is 2. The first-order valence-electron chi connectivity index (χ1n) is 6.42. The molecule has 1 heterocycles. The Labute approximate surface area is 118 Å². The van der Waals surface area contributed by atoms with Gasteiger partial charge in [0, 0.05) is 5.92 Å². The molecule has 5 nitrogen and oxygen atoms in total. The highest BCUT2D eigenvalue weighted by atomic mass is 16.5. The molecule has 2 atom stereocenters. The second kappa shape index (κ2) is 6.34. The highest BCUT2D eigenvalue weighted by Gasteiger charge is 2.23. The van der Waals surface area contributed by atoms with E-state index in [0.29, 0.717) is 17.5 Å². The number of hydrogen-bond acceptors (Lipinski definition) is 5. The third-order valence-electron chi connectivity index (χ3n) is 3.33. The first-order chi connectivity index (χ1) is 9.67. The van der Waals surface area contributed by atoms with Gasteiger partial charge in [-0.3, -0.25) is 0 Å². The minimum Gasteiger partial charge on any atom is -0.480 e. The van der Waals surface area contributed by atoms with E-state index in [1.165, 1.54) is 7.11 Å². The molecule has 20 heavy (non-hydrogen) atoms. The second-order valence-corrected chi connectivity index (χ2v) is 4.53. The molecule has 0 fully saturated rings. The normalized spacial score (nSPS) is 13.6. The third kappa shape index (κ3) is 2.88. The SMILES string of the molecule is COc1cnc(C(N)C(C)c2ccccc2)c(OC)n1. The van der Waals surface area contributed by atoms with Gasteiger partial charge < -0.3 is 15.2 Å². The number of nitrogens with two attached hydrogens (primary N) is 1. The Morgan fingerprint density at radius 1 is 1.10 bits per heavy atom. The molecule has 0 amide bonds. The van der Waals surface area contributed by atoms with E-state index in [0.717, 1.165) is 5.56 Å². The lowest BCUT2D eigenvalue weighted by atomic mass is 9.92. The van der Waals surface area contributed by atoms with E-state index in [9.17, 15) is 0 Å². The quantitative estimate of drug-likeness (QED) is 0.905. The fraction of sp³-hybridized carbons (Fsp3) is 0.333. The average molecular weight is 273 g/mol. The van der Waals surface area contributed by atoms with Gasteiger partial charge in [-0.1, -0.05) is 37.3 Å². The number of rotatable bonds is 5. The minimum absolute atomic E-state index is 0.104. The molecule has 5 heteroatoms. The molecular weight excluding hydrogens is 254 g/mol. The first kappa shape index (κ1) is 14.3. The van der Waals surface area contributed by atoms with Gasteiger partial charge in [-0.2, -0.15) is 4.98 Å². The van der Waals surface area contributed by atoms with Gasteiger partial charge in [-0.25, -0.2) is 4.98 Å². The van der Waals surface area contributed by atoms with Crippen molar-refractivity contribution in [2.75, 3.05) is 14.2 Å². The molecule has 0 saturated heterocycles. The second-order valence-electron chi connectivity index (χ2n) is 4.53. The maximum Gasteiger partial charge on any atom is 0.240 e. The number of benzene rings is 1. The van der Waals surface area contributed by atoms with Crippen molar-refractivity contribution in [1.29, 1.82) is 0 Å². The predicted molar refractivity (Wildman–Crippen MR) is 76.9 cm³/mol. The van der Waals surface area contributed by atoms with Gasteiger partial charge in [-0.05, 0) is 5.56 Å². The molecule has 0 bridgehead atoms. The summed E-state index contributed by atoms with van der Waals surface area (Å²) in [5.41, 5.74) is 8.10. The van der Waals surface area contributed by atoms with Crippen molar-refractivity contribution in [1.82, 2.24) is 9.97 Å². The zero-order valence-electron chi connectivity index (χ0n) is 11.9. The van der Waals surface area contributed by atoms with E-state index in [4.69, 9.17) is 15.2 Å². The van der Waals surface area contributed by atoms with Crippen LogP contribution in [0.5, 0.6) is 11.8 Å². The van der Waals surface area contributed by atoms with Crippen molar-refractivity contribution < 1.29 is 9.47 Å². The van der Waals surface area contributed by atoms with Crippen LogP contribution in [0.15, 0.2) is 36.5 Å². The van der Waals surface area contributed by atoms with Crippen molar-refractivity contribution in [2.45, 2.75) is 18.9 Å². The average Bonchev–Trinajstić information content (AvgIpc) is 2.53. The molecule has 0 aliphatic rings. The van der Waals surface area contributed by atoms with Crippen molar-refractivity contribution in [3.05, 3.63) is 47.8 Å². The van der Waals surface area contributed by atoms with Crippen LogP contribution >= 0.6 is 0 Å². The van der Waals surface area contributed by atoms with Crippen LogP contribution in [0.25, 0.3) is 0 Å². The lowest BCUT2D eigenvalue weighted by Crippen LogP contribution is -2.20. The molecule has 2 N–H and O–H groups in total. The Bertz CT molecular complexity index is 560. The lowest BCUT2D eigenvalue weighted by molar-refractivity contribution is 0.351. The standard InChI is InChI=1S/C15H19N3O2/c1-10(11-7-5-4-6-8-11)13(16)14-15(20-3)18-12(19-2)9-17-14/h4-10,13H,16H2,1-3H3. The largest absolute Gasteiger partial charge is 0.480 e. The summed E-state index contributed by atoms with van der Waals surface area (Å²) in [6.07, 6.45) is 1.55. The van der Waals surface area contributed by atoms with Gasteiger partial charge in [0.05, 0.1) is 26.5 Å². The fourth-order valence-corrected chi connectivity index (χ4v) is 2.04. The van der Waals surface area contributed by atoms with Gasteiger partial charge in [0.25, 0.3) is 0 Å². The van der Waals surface area contributed by atoms with Crippen LogP contribution in [-0.4, -0.2) is 24.2 Å². The summed E-state index contributed by atoms with van der Waals surface area (Å²) < 4.78 is 10.3. The monoisotopic (exact) mass is 273 g/mol. The topological polar surface area (TPSA) is 70.3 Å². The van der Waals surface area contributed by atoms with E-state index in [1.54, 1.807) is 13.3 Å². The Morgan fingerprint density at radius 3 is 2.40 bits per heavy atom. The van der Waals surface area contributed by atoms with E-state index in [-0.39, 0.29) is 12.0 Å². The Balaban J connectivity index is 2.31. The molecule has 2 rings (SSSR count). The van der Waals surface area contributed by atoms with E-state index in [1.807, 2.05) is 30.3 Å². The minimum atomic E-state index is -0.300. The summed E-state index contributed by atoms with van der Waals surface area (Å²) in [6.45, 7) is 2.06. The van der Waals surface area contributed by atoms with Crippen molar-refractivity contribution in [2.24, 2.45) is 5.73 Å². The van der Waals surface area contributed by atoms with Crippen molar-refractivity contribution in [3.8, 4) is 11.8 Å². The molecule has 2 unspecified atom stereocenters. The van der Waals surface area contributed by atoms with Crippen LogP contribution in [0.1, 0.15) is 30.1 Å². The number of hydrogen-bond donors (Lipinski definition) is 1.